The number of rotatable bonds is 5. The van der Waals surface area contributed by atoms with Crippen molar-refractivity contribution in [3.63, 3.8) is 0 Å². The number of amides is 1. The van der Waals surface area contributed by atoms with Gasteiger partial charge in [-0.3, -0.25) is 9.69 Å². The molecular formula is C19H21ClN3OS+. The van der Waals surface area contributed by atoms with E-state index in [2.05, 4.69) is 19.1 Å². The summed E-state index contributed by atoms with van der Waals surface area (Å²) < 4.78 is 0.988. The van der Waals surface area contributed by atoms with E-state index in [9.17, 15) is 4.79 Å². The Labute approximate surface area is 156 Å². The van der Waals surface area contributed by atoms with Crippen molar-refractivity contribution in [1.29, 1.82) is 0 Å². The number of thiazole rings is 1. The molecule has 3 rings (SSSR count). The Morgan fingerprint density at radius 3 is 2.64 bits per heavy atom. The zero-order chi connectivity index (χ0) is 18.0. The molecule has 4 nitrogen and oxygen atoms in total. The van der Waals surface area contributed by atoms with Gasteiger partial charge in [0.05, 0.1) is 36.9 Å². The molecular weight excluding hydrogens is 354 g/mol. The van der Waals surface area contributed by atoms with Crippen LogP contribution in [0, 0.1) is 6.92 Å². The number of nitrogens with one attached hydrogen (secondary N) is 1. The maximum atomic E-state index is 13.2. The lowest BCUT2D eigenvalue weighted by Gasteiger charge is -2.21. The molecule has 25 heavy (non-hydrogen) atoms. The van der Waals surface area contributed by atoms with Gasteiger partial charge in [-0.25, -0.2) is 4.98 Å². The first kappa shape index (κ1) is 17.9. The maximum Gasteiger partial charge on any atom is 0.260 e. The third-order valence-electron chi connectivity index (χ3n) is 4.05. The van der Waals surface area contributed by atoms with E-state index in [4.69, 9.17) is 11.6 Å². The molecule has 6 heteroatoms. The summed E-state index contributed by atoms with van der Waals surface area (Å²) in [6.07, 6.45) is 0. The maximum absolute atomic E-state index is 13.2. The molecule has 0 aliphatic carbocycles. The highest BCUT2D eigenvalue weighted by atomic mass is 35.5. The van der Waals surface area contributed by atoms with Crippen LogP contribution in [0.1, 0.15) is 15.9 Å². The van der Waals surface area contributed by atoms with Gasteiger partial charge in [0, 0.05) is 5.56 Å². The summed E-state index contributed by atoms with van der Waals surface area (Å²) in [4.78, 5) is 20.9. The van der Waals surface area contributed by atoms with E-state index in [1.807, 2.05) is 49.4 Å². The minimum absolute atomic E-state index is 0.0190. The summed E-state index contributed by atoms with van der Waals surface area (Å²) in [6.45, 7) is 3.39. The number of carbonyl (C=O) groups is 1. The molecule has 0 radical (unpaired) electrons. The molecule has 0 bridgehead atoms. The number of aryl methyl sites for hydroxylation is 1. The van der Waals surface area contributed by atoms with Crippen molar-refractivity contribution in [2.24, 2.45) is 0 Å². The lowest BCUT2D eigenvalue weighted by molar-refractivity contribution is -0.856. The van der Waals surface area contributed by atoms with Crippen molar-refractivity contribution in [3.05, 3.63) is 58.6 Å². The Morgan fingerprint density at radius 1 is 1.20 bits per heavy atom. The van der Waals surface area contributed by atoms with Crippen LogP contribution in [0.4, 0.5) is 5.13 Å². The molecule has 0 unspecified atom stereocenters. The molecule has 0 atom stereocenters. The number of anilines is 1. The zero-order valence-electron chi connectivity index (χ0n) is 14.5. The van der Waals surface area contributed by atoms with Crippen molar-refractivity contribution in [2.45, 2.75) is 6.92 Å². The van der Waals surface area contributed by atoms with E-state index in [1.165, 1.54) is 16.2 Å². The van der Waals surface area contributed by atoms with Gasteiger partial charge in [0.2, 0.25) is 0 Å². The first-order chi connectivity index (χ1) is 12.0. The van der Waals surface area contributed by atoms with E-state index >= 15 is 0 Å². The van der Waals surface area contributed by atoms with Crippen LogP contribution in [-0.2, 0) is 0 Å². The van der Waals surface area contributed by atoms with Crippen molar-refractivity contribution >= 4 is 44.2 Å². The smallest absolute Gasteiger partial charge is 0.260 e. The van der Waals surface area contributed by atoms with Gasteiger partial charge >= 0.3 is 0 Å². The van der Waals surface area contributed by atoms with Gasteiger partial charge in [-0.15, -0.1) is 0 Å². The number of quaternary nitrogens is 1. The Bertz CT molecular complexity index is 907. The molecule has 1 N–H and O–H groups in total. The standard InChI is InChI=1S/C19H20ClN3OS/c1-13-7-4-5-8-14(13)18(24)23(12-11-22(2)3)19-21-17-15(20)9-6-10-16(17)25-19/h4-10H,11-12H2,1-3H3/p+1. The van der Waals surface area contributed by atoms with Crippen LogP contribution >= 0.6 is 22.9 Å². The van der Waals surface area contributed by atoms with Crippen LogP contribution in [0.5, 0.6) is 0 Å². The number of aromatic nitrogens is 1. The zero-order valence-corrected chi connectivity index (χ0v) is 16.1. The highest BCUT2D eigenvalue weighted by molar-refractivity contribution is 7.22. The minimum Gasteiger partial charge on any atom is -0.338 e. The number of hydrogen-bond donors (Lipinski definition) is 1. The Hall–Kier alpha value is -1.95. The molecule has 1 heterocycles. The lowest BCUT2D eigenvalue weighted by atomic mass is 10.1. The summed E-state index contributed by atoms with van der Waals surface area (Å²) in [5.41, 5.74) is 2.43. The fourth-order valence-corrected chi connectivity index (χ4v) is 3.89. The van der Waals surface area contributed by atoms with Gasteiger partial charge in [-0.05, 0) is 30.7 Å². The molecule has 3 aromatic rings. The molecule has 2 aromatic carbocycles. The Morgan fingerprint density at radius 2 is 1.96 bits per heavy atom. The van der Waals surface area contributed by atoms with Crippen LogP contribution in [-0.4, -0.2) is 38.1 Å². The molecule has 1 amide bonds. The molecule has 0 aliphatic rings. The van der Waals surface area contributed by atoms with E-state index in [0.29, 0.717) is 22.3 Å². The SMILES string of the molecule is Cc1ccccc1C(=O)N(CC[NH+](C)C)c1nc2c(Cl)cccc2s1. The normalized spacial score (nSPS) is 11.2. The van der Waals surface area contributed by atoms with Crippen LogP contribution < -0.4 is 9.80 Å². The third-order valence-corrected chi connectivity index (χ3v) is 5.39. The fraction of sp³-hybridized carbons (Fsp3) is 0.263. The molecule has 130 valence electrons. The predicted molar refractivity (Wildman–Crippen MR) is 105 cm³/mol. The molecule has 0 saturated heterocycles. The third kappa shape index (κ3) is 3.84. The minimum atomic E-state index is -0.0190. The second-order valence-electron chi connectivity index (χ2n) is 6.31. The van der Waals surface area contributed by atoms with Gasteiger partial charge in [0.25, 0.3) is 5.91 Å². The van der Waals surface area contributed by atoms with Crippen molar-refractivity contribution in [2.75, 3.05) is 32.1 Å². The monoisotopic (exact) mass is 374 g/mol. The molecule has 0 spiro atoms. The topological polar surface area (TPSA) is 37.6 Å². The second-order valence-corrected chi connectivity index (χ2v) is 7.73. The van der Waals surface area contributed by atoms with E-state index in [-0.39, 0.29) is 5.91 Å². The van der Waals surface area contributed by atoms with Gasteiger partial charge in [-0.1, -0.05) is 47.2 Å². The van der Waals surface area contributed by atoms with Crippen molar-refractivity contribution < 1.29 is 9.69 Å². The summed E-state index contributed by atoms with van der Waals surface area (Å²) in [5, 5.41) is 1.30. The van der Waals surface area contributed by atoms with Gasteiger partial charge in [0.1, 0.15) is 5.52 Å². The van der Waals surface area contributed by atoms with E-state index in [1.54, 1.807) is 4.90 Å². The van der Waals surface area contributed by atoms with Crippen molar-refractivity contribution in [3.8, 4) is 0 Å². The van der Waals surface area contributed by atoms with Gasteiger partial charge < -0.3 is 4.90 Å². The molecule has 0 fully saturated rings. The number of hydrogen-bond acceptors (Lipinski definition) is 3. The Kier molecular flexibility index (Phi) is 5.37. The molecule has 0 saturated carbocycles. The summed E-state index contributed by atoms with van der Waals surface area (Å²) in [5.74, 6) is -0.0190. The van der Waals surface area contributed by atoms with Crippen LogP contribution in [0.25, 0.3) is 10.2 Å². The first-order valence-corrected chi connectivity index (χ1v) is 9.38. The number of para-hydroxylation sites is 1. The van der Waals surface area contributed by atoms with E-state index < -0.39 is 0 Å². The fourth-order valence-electron chi connectivity index (χ4n) is 2.60. The number of fused-ring (bicyclic) bond motifs is 1. The number of carbonyl (C=O) groups excluding carboxylic acids is 1. The number of likely N-dealkylation sites (N-methyl/N-ethyl adjacent to an activating group) is 1. The molecule has 1 aromatic heterocycles. The highest BCUT2D eigenvalue weighted by Gasteiger charge is 2.23. The summed E-state index contributed by atoms with van der Waals surface area (Å²) in [6, 6.07) is 13.4. The summed E-state index contributed by atoms with van der Waals surface area (Å²) >= 11 is 7.76. The van der Waals surface area contributed by atoms with Crippen LogP contribution in [0.15, 0.2) is 42.5 Å². The lowest BCUT2D eigenvalue weighted by Crippen LogP contribution is -3.06. The molecule has 0 aliphatic heterocycles. The van der Waals surface area contributed by atoms with Crippen LogP contribution in [0.2, 0.25) is 5.02 Å². The second kappa shape index (κ2) is 7.52. The van der Waals surface area contributed by atoms with Crippen molar-refractivity contribution in [1.82, 2.24) is 4.98 Å². The van der Waals surface area contributed by atoms with Gasteiger partial charge in [-0.2, -0.15) is 0 Å². The number of halogens is 1. The largest absolute Gasteiger partial charge is 0.338 e. The first-order valence-electron chi connectivity index (χ1n) is 8.19. The number of nitrogens with zero attached hydrogens (tertiary/aromatic N) is 2. The van der Waals surface area contributed by atoms with E-state index in [0.717, 1.165) is 22.3 Å². The Balaban J connectivity index is 2.03. The predicted octanol–water partition coefficient (Wildman–Crippen LogP) is 3.05. The summed E-state index contributed by atoms with van der Waals surface area (Å²) in [7, 11) is 4.15. The average Bonchev–Trinajstić information content (AvgIpc) is 3.00. The van der Waals surface area contributed by atoms with Gasteiger partial charge in [0.15, 0.2) is 5.13 Å². The number of benzene rings is 2. The average molecular weight is 375 g/mol. The van der Waals surface area contributed by atoms with Crippen LogP contribution in [0.3, 0.4) is 0 Å². The highest BCUT2D eigenvalue weighted by Crippen LogP contribution is 2.33. The quantitative estimate of drug-likeness (QED) is 0.745.